The molecule has 1 aliphatic carbocycles. The van der Waals surface area contributed by atoms with Gasteiger partial charge in [0, 0.05) is 21.3 Å². The Balaban J connectivity index is 3.24. The summed E-state index contributed by atoms with van der Waals surface area (Å²) in [7, 11) is 4.42. The molecule has 4 nitrogen and oxygen atoms in total. The van der Waals surface area contributed by atoms with Gasteiger partial charge < -0.3 is 14.8 Å². The van der Waals surface area contributed by atoms with Crippen molar-refractivity contribution >= 4 is 29.0 Å². The Kier molecular flexibility index (Phi) is 3.42. The van der Waals surface area contributed by atoms with Crippen molar-refractivity contribution in [2.75, 3.05) is 21.3 Å². The van der Waals surface area contributed by atoms with E-state index in [4.69, 9.17) is 32.7 Å². The van der Waals surface area contributed by atoms with Crippen LogP contribution in [0, 0.1) is 0 Å². The van der Waals surface area contributed by atoms with E-state index in [9.17, 15) is 4.79 Å². The Morgan fingerprint density at radius 2 is 1.93 bits per heavy atom. The van der Waals surface area contributed by atoms with E-state index in [1.807, 2.05) is 0 Å². The SMILES string of the molecule is CNC1=C(Cl)C(=O)C(Cl)C1(OC)OC. The van der Waals surface area contributed by atoms with Crippen molar-refractivity contribution in [1.29, 1.82) is 0 Å². The molecular formula is C8H11Cl2NO3. The third-order valence-corrected chi connectivity index (χ3v) is 3.07. The highest BCUT2D eigenvalue weighted by Gasteiger charge is 2.54. The number of methoxy groups -OCH3 is 2. The Morgan fingerprint density at radius 1 is 1.43 bits per heavy atom. The van der Waals surface area contributed by atoms with E-state index in [2.05, 4.69) is 5.32 Å². The molecule has 0 radical (unpaired) electrons. The number of alkyl halides is 1. The first-order valence-corrected chi connectivity index (χ1v) is 4.73. The molecule has 0 aromatic carbocycles. The third kappa shape index (κ3) is 1.34. The number of hydrogen-bond donors (Lipinski definition) is 1. The van der Waals surface area contributed by atoms with Gasteiger partial charge in [0.25, 0.3) is 0 Å². The molecule has 0 saturated heterocycles. The van der Waals surface area contributed by atoms with E-state index >= 15 is 0 Å². The highest BCUT2D eigenvalue weighted by molar-refractivity contribution is 6.50. The zero-order chi connectivity index (χ0) is 10.9. The lowest BCUT2D eigenvalue weighted by atomic mass is 10.2. The second-order valence-corrected chi connectivity index (χ2v) is 3.56. The molecule has 1 rings (SSSR count). The molecule has 6 heteroatoms. The van der Waals surface area contributed by atoms with Crippen LogP contribution in [0.5, 0.6) is 0 Å². The first-order chi connectivity index (χ1) is 6.55. The number of ether oxygens (including phenoxy) is 2. The summed E-state index contributed by atoms with van der Waals surface area (Å²) in [5.74, 6) is -1.70. The summed E-state index contributed by atoms with van der Waals surface area (Å²) in [5.41, 5.74) is 0.356. The highest BCUT2D eigenvalue weighted by Crippen LogP contribution is 2.39. The number of ketones is 1. The standard InChI is InChI=1S/C8H11Cl2NO3/c1-11-7-4(9)5(12)6(10)8(7,13-2)14-3/h6,11H,1-3H3. The number of hydrogen-bond acceptors (Lipinski definition) is 4. The summed E-state index contributed by atoms with van der Waals surface area (Å²) in [4.78, 5) is 11.5. The average Bonchev–Trinajstić information content (AvgIpc) is 2.39. The van der Waals surface area contributed by atoms with Crippen molar-refractivity contribution in [3.8, 4) is 0 Å². The van der Waals surface area contributed by atoms with Gasteiger partial charge in [0.05, 0.1) is 5.70 Å². The third-order valence-electron chi connectivity index (χ3n) is 2.20. The molecule has 1 aliphatic rings. The minimum absolute atomic E-state index is 0.0243. The predicted molar refractivity (Wildman–Crippen MR) is 53.3 cm³/mol. The van der Waals surface area contributed by atoms with Gasteiger partial charge in [0.15, 0.2) is 11.2 Å². The van der Waals surface area contributed by atoms with Crippen molar-refractivity contribution in [3.05, 3.63) is 10.7 Å². The van der Waals surface area contributed by atoms with Crippen LogP contribution in [0.15, 0.2) is 10.7 Å². The second-order valence-electron chi connectivity index (χ2n) is 2.74. The van der Waals surface area contributed by atoms with Gasteiger partial charge in [-0.3, -0.25) is 4.79 Å². The fraction of sp³-hybridized carbons (Fsp3) is 0.625. The lowest BCUT2D eigenvalue weighted by Gasteiger charge is -2.30. The minimum atomic E-state index is -1.30. The fourth-order valence-corrected chi connectivity index (χ4v) is 2.25. The number of carbonyl (C=O) groups excluding carboxylic acids is 1. The van der Waals surface area contributed by atoms with Gasteiger partial charge in [-0.2, -0.15) is 0 Å². The number of allylic oxidation sites excluding steroid dienone is 1. The summed E-state index contributed by atoms with van der Waals surface area (Å²) >= 11 is 11.7. The number of halogens is 2. The van der Waals surface area contributed by atoms with Crippen LogP contribution >= 0.6 is 23.2 Å². The Bertz CT molecular complexity index is 286. The molecule has 14 heavy (non-hydrogen) atoms. The number of Topliss-reactive ketones (excluding diaryl/α,β-unsaturated/α-hetero) is 1. The molecule has 80 valence electrons. The maximum Gasteiger partial charge on any atom is 0.235 e. The summed E-state index contributed by atoms with van der Waals surface area (Å²) in [6, 6.07) is 0. The van der Waals surface area contributed by atoms with Crippen LogP contribution in [-0.2, 0) is 14.3 Å². The molecule has 1 unspecified atom stereocenters. The van der Waals surface area contributed by atoms with Crippen LogP contribution in [0.1, 0.15) is 0 Å². The topological polar surface area (TPSA) is 47.6 Å². The van der Waals surface area contributed by atoms with Crippen LogP contribution in [0.4, 0.5) is 0 Å². The van der Waals surface area contributed by atoms with Gasteiger partial charge in [-0.1, -0.05) is 11.6 Å². The molecule has 0 aromatic heterocycles. The average molecular weight is 240 g/mol. The quantitative estimate of drug-likeness (QED) is 0.586. The predicted octanol–water partition coefficient (Wildman–Crippen LogP) is 0.835. The van der Waals surface area contributed by atoms with Gasteiger partial charge in [0.1, 0.15) is 5.03 Å². The van der Waals surface area contributed by atoms with Gasteiger partial charge in [-0.25, -0.2) is 0 Å². The van der Waals surface area contributed by atoms with Crippen molar-refractivity contribution in [3.63, 3.8) is 0 Å². The first kappa shape index (κ1) is 11.8. The van der Waals surface area contributed by atoms with Crippen molar-refractivity contribution in [2.45, 2.75) is 11.2 Å². The fourth-order valence-electron chi connectivity index (χ4n) is 1.47. The van der Waals surface area contributed by atoms with E-state index in [0.29, 0.717) is 5.70 Å². The first-order valence-electron chi connectivity index (χ1n) is 3.91. The summed E-state index contributed by atoms with van der Waals surface area (Å²) in [6.07, 6.45) is 0. The molecule has 0 spiro atoms. The summed E-state index contributed by atoms with van der Waals surface area (Å²) in [6.45, 7) is 0. The molecule has 1 N–H and O–H groups in total. The number of nitrogens with one attached hydrogen (secondary N) is 1. The monoisotopic (exact) mass is 239 g/mol. The van der Waals surface area contributed by atoms with Crippen LogP contribution in [0.2, 0.25) is 0 Å². The van der Waals surface area contributed by atoms with Crippen LogP contribution in [-0.4, -0.2) is 38.2 Å². The Hall–Kier alpha value is -0.290. The minimum Gasteiger partial charge on any atom is -0.386 e. The molecule has 0 amide bonds. The molecule has 0 bridgehead atoms. The Morgan fingerprint density at radius 3 is 2.21 bits per heavy atom. The van der Waals surface area contributed by atoms with Gasteiger partial charge >= 0.3 is 0 Å². The highest BCUT2D eigenvalue weighted by atomic mass is 35.5. The molecule has 0 aromatic rings. The summed E-state index contributed by atoms with van der Waals surface area (Å²) in [5, 5.41) is 1.82. The molecule has 0 heterocycles. The van der Waals surface area contributed by atoms with Gasteiger partial charge in [-0.15, -0.1) is 11.6 Å². The van der Waals surface area contributed by atoms with Crippen molar-refractivity contribution in [2.24, 2.45) is 0 Å². The van der Waals surface area contributed by atoms with E-state index in [1.165, 1.54) is 14.2 Å². The summed E-state index contributed by atoms with van der Waals surface area (Å²) < 4.78 is 10.2. The molecule has 1 atom stereocenters. The van der Waals surface area contributed by atoms with Crippen LogP contribution < -0.4 is 5.32 Å². The maximum absolute atomic E-state index is 11.5. The number of rotatable bonds is 3. The largest absolute Gasteiger partial charge is 0.386 e. The van der Waals surface area contributed by atoms with E-state index in [0.717, 1.165) is 0 Å². The zero-order valence-electron chi connectivity index (χ0n) is 8.06. The molecule has 0 aliphatic heterocycles. The molecule has 0 fully saturated rings. The van der Waals surface area contributed by atoms with Crippen LogP contribution in [0.3, 0.4) is 0 Å². The van der Waals surface area contributed by atoms with Crippen molar-refractivity contribution in [1.82, 2.24) is 5.32 Å². The van der Waals surface area contributed by atoms with E-state index in [-0.39, 0.29) is 5.03 Å². The van der Waals surface area contributed by atoms with E-state index in [1.54, 1.807) is 7.05 Å². The van der Waals surface area contributed by atoms with Crippen LogP contribution in [0.25, 0.3) is 0 Å². The lowest BCUT2D eigenvalue weighted by Crippen LogP contribution is -2.46. The maximum atomic E-state index is 11.5. The van der Waals surface area contributed by atoms with E-state index < -0.39 is 16.9 Å². The number of likely N-dealkylation sites (N-methyl/N-ethyl adjacent to an activating group) is 1. The smallest absolute Gasteiger partial charge is 0.235 e. The lowest BCUT2D eigenvalue weighted by molar-refractivity contribution is -0.178. The van der Waals surface area contributed by atoms with Crippen molar-refractivity contribution < 1.29 is 14.3 Å². The van der Waals surface area contributed by atoms with Gasteiger partial charge in [-0.05, 0) is 0 Å². The second kappa shape index (κ2) is 4.06. The molecule has 0 saturated carbocycles. The number of carbonyl (C=O) groups is 1. The normalized spacial score (nSPS) is 25.8. The molecular weight excluding hydrogens is 229 g/mol. The zero-order valence-corrected chi connectivity index (χ0v) is 9.57. The Labute approximate surface area is 92.1 Å². The van der Waals surface area contributed by atoms with Gasteiger partial charge in [0.2, 0.25) is 5.79 Å².